The molecule has 4 rings (SSSR count). The highest BCUT2D eigenvalue weighted by Crippen LogP contribution is 2.35. The summed E-state index contributed by atoms with van der Waals surface area (Å²) >= 11 is 0. The number of fused-ring (bicyclic) bond motifs is 1. The van der Waals surface area contributed by atoms with Gasteiger partial charge in [0.15, 0.2) is 18.1 Å². The standard InChI is InChI=1S/C20H18N2O5/c1-2-15(13-6-4-3-5-7-13)20(23)24-11-18-21-19(22-27-18)14-8-9-16-17(10-14)26-12-25-16/h3-10,15H,2,11-12H2,1H3/t15-/m0/s1. The van der Waals surface area contributed by atoms with E-state index in [9.17, 15) is 4.79 Å². The highest BCUT2D eigenvalue weighted by atomic mass is 16.7. The number of hydrogen-bond donors (Lipinski definition) is 0. The Balaban J connectivity index is 1.41. The van der Waals surface area contributed by atoms with Gasteiger partial charge in [-0.2, -0.15) is 4.98 Å². The first-order valence-electron chi connectivity index (χ1n) is 8.69. The van der Waals surface area contributed by atoms with Crippen molar-refractivity contribution in [3.8, 4) is 22.9 Å². The number of carbonyl (C=O) groups is 1. The van der Waals surface area contributed by atoms with Crippen LogP contribution in [0.15, 0.2) is 53.1 Å². The summed E-state index contributed by atoms with van der Waals surface area (Å²) in [4.78, 5) is 16.7. The molecule has 0 saturated carbocycles. The van der Waals surface area contributed by atoms with E-state index in [1.807, 2.05) is 43.3 Å². The monoisotopic (exact) mass is 366 g/mol. The molecule has 27 heavy (non-hydrogen) atoms. The summed E-state index contributed by atoms with van der Waals surface area (Å²) in [7, 11) is 0. The number of esters is 1. The zero-order valence-electron chi connectivity index (χ0n) is 14.8. The predicted molar refractivity (Wildman–Crippen MR) is 95.1 cm³/mol. The van der Waals surface area contributed by atoms with Gasteiger partial charge in [-0.15, -0.1) is 0 Å². The first-order valence-corrected chi connectivity index (χ1v) is 8.69. The van der Waals surface area contributed by atoms with E-state index in [0.717, 1.165) is 11.1 Å². The minimum Gasteiger partial charge on any atom is -0.455 e. The summed E-state index contributed by atoms with van der Waals surface area (Å²) in [5.74, 6) is 1.32. The Morgan fingerprint density at radius 3 is 2.78 bits per heavy atom. The average molecular weight is 366 g/mol. The molecule has 0 amide bonds. The van der Waals surface area contributed by atoms with Gasteiger partial charge >= 0.3 is 5.97 Å². The van der Waals surface area contributed by atoms with Gasteiger partial charge in [0.1, 0.15) is 0 Å². The smallest absolute Gasteiger partial charge is 0.313 e. The highest BCUT2D eigenvalue weighted by molar-refractivity contribution is 5.78. The van der Waals surface area contributed by atoms with Crippen molar-refractivity contribution in [1.29, 1.82) is 0 Å². The number of benzene rings is 2. The summed E-state index contributed by atoms with van der Waals surface area (Å²) in [6, 6.07) is 14.9. The quantitative estimate of drug-likeness (QED) is 0.615. The Kier molecular flexibility index (Phi) is 4.74. The van der Waals surface area contributed by atoms with Gasteiger partial charge in [-0.05, 0) is 30.2 Å². The molecule has 7 heteroatoms. The van der Waals surface area contributed by atoms with Gasteiger partial charge in [-0.1, -0.05) is 42.4 Å². The SMILES string of the molecule is CC[C@H](C(=O)OCc1nc(-c2ccc3c(c2)OCO3)no1)c1ccccc1. The molecule has 0 N–H and O–H groups in total. The molecule has 2 heterocycles. The Bertz CT molecular complexity index is 939. The molecule has 1 aliphatic rings. The van der Waals surface area contributed by atoms with Gasteiger partial charge in [0.2, 0.25) is 12.6 Å². The number of rotatable bonds is 6. The van der Waals surface area contributed by atoms with Crippen LogP contribution in [0.4, 0.5) is 0 Å². The number of ether oxygens (including phenoxy) is 3. The van der Waals surface area contributed by atoms with Crippen LogP contribution in [-0.4, -0.2) is 22.9 Å². The van der Waals surface area contributed by atoms with Gasteiger partial charge in [0, 0.05) is 5.56 Å². The van der Waals surface area contributed by atoms with E-state index in [2.05, 4.69) is 10.1 Å². The lowest BCUT2D eigenvalue weighted by Crippen LogP contribution is -2.15. The van der Waals surface area contributed by atoms with Gasteiger partial charge in [0.25, 0.3) is 5.89 Å². The summed E-state index contributed by atoms with van der Waals surface area (Å²) in [6.45, 7) is 2.08. The summed E-state index contributed by atoms with van der Waals surface area (Å²) in [5, 5.41) is 3.94. The molecule has 0 fully saturated rings. The third kappa shape index (κ3) is 3.62. The maximum absolute atomic E-state index is 12.4. The second-order valence-electron chi connectivity index (χ2n) is 6.06. The molecule has 0 radical (unpaired) electrons. The lowest BCUT2D eigenvalue weighted by Gasteiger charge is -2.13. The van der Waals surface area contributed by atoms with E-state index >= 15 is 0 Å². The second-order valence-corrected chi connectivity index (χ2v) is 6.06. The predicted octanol–water partition coefficient (Wildman–Crippen LogP) is 3.70. The van der Waals surface area contributed by atoms with Crippen LogP contribution in [0.3, 0.4) is 0 Å². The van der Waals surface area contributed by atoms with Crippen LogP contribution in [0.25, 0.3) is 11.4 Å². The maximum Gasteiger partial charge on any atom is 0.313 e. The van der Waals surface area contributed by atoms with Gasteiger partial charge < -0.3 is 18.7 Å². The van der Waals surface area contributed by atoms with E-state index in [4.69, 9.17) is 18.7 Å². The fourth-order valence-corrected chi connectivity index (χ4v) is 2.92. The van der Waals surface area contributed by atoms with Crippen molar-refractivity contribution < 1.29 is 23.5 Å². The van der Waals surface area contributed by atoms with E-state index in [1.54, 1.807) is 12.1 Å². The number of aromatic nitrogens is 2. The first-order chi connectivity index (χ1) is 13.2. The minimum absolute atomic E-state index is 0.0697. The third-order valence-electron chi connectivity index (χ3n) is 4.33. The third-order valence-corrected chi connectivity index (χ3v) is 4.33. The summed E-state index contributed by atoms with van der Waals surface area (Å²) < 4.78 is 21.2. The average Bonchev–Trinajstić information content (AvgIpc) is 3.36. The maximum atomic E-state index is 12.4. The van der Waals surface area contributed by atoms with Gasteiger partial charge in [-0.3, -0.25) is 4.79 Å². The lowest BCUT2D eigenvalue weighted by molar-refractivity contribution is -0.147. The fraction of sp³-hybridized carbons (Fsp3) is 0.250. The zero-order valence-corrected chi connectivity index (χ0v) is 14.8. The molecule has 0 saturated heterocycles. The molecule has 1 atom stereocenters. The van der Waals surface area contributed by atoms with E-state index in [-0.39, 0.29) is 31.2 Å². The van der Waals surface area contributed by atoms with Crippen LogP contribution in [0.2, 0.25) is 0 Å². The van der Waals surface area contributed by atoms with E-state index < -0.39 is 0 Å². The molecule has 1 aliphatic heterocycles. The van der Waals surface area contributed by atoms with Crippen molar-refractivity contribution >= 4 is 5.97 Å². The molecule has 1 aromatic heterocycles. The van der Waals surface area contributed by atoms with Gasteiger partial charge in [-0.25, -0.2) is 0 Å². The Labute approximate surface area is 155 Å². The van der Waals surface area contributed by atoms with Crippen molar-refractivity contribution in [3.05, 3.63) is 60.0 Å². The van der Waals surface area contributed by atoms with E-state index in [1.165, 1.54) is 0 Å². The van der Waals surface area contributed by atoms with Crippen LogP contribution in [0.1, 0.15) is 30.7 Å². The number of nitrogens with zero attached hydrogens (tertiary/aromatic N) is 2. The molecular weight excluding hydrogens is 348 g/mol. The highest BCUT2D eigenvalue weighted by Gasteiger charge is 2.21. The molecule has 0 aliphatic carbocycles. The largest absolute Gasteiger partial charge is 0.455 e. The Morgan fingerprint density at radius 1 is 1.15 bits per heavy atom. The van der Waals surface area contributed by atoms with Crippen LogP contribution in [-0.2, 0) is 16.1 Å². The van der Waals surface area contributed by atoms with Crippen molar-refractivity contribution in [2.24, 2.45) is 0 Å². The topological polar surface area (TPSA) is 83.7 Å². The van der Waals surface area contributed by atoms with E-state index in [0.29, 0.717) is 23.7 Å². The number of hydrogen-bond acceptors (Lipinski definition) is 7. The molecule has 138 valence electrons. The van der Waals surface area contributed by atoms with Crippen LogP contribution in [0, 0.1) is 0 Å². The van der Waals surface area contributed by atoms with Crippen LogP contribution in [0.5, 0.6) is 11.5 Å². The van der Waals surface area contributed by atoms with Crippen molar-refractivity contribution in [2.75, 3.05) is 6.79 Å². The Morgan fingerprint density at radius 2 is 1.96 bits per heavy atom. The Hall–Kier alpha value is -3.35. The molecule has 3 aromatic rings. The zero-order chi connectivity index (χ0) is 18.6. The summed E-state index contributed by atoms with van der Waals surface area (Å²) in [5.41, 5.74) is 1.66. The molecule has 0 spiro atoms. The lowest BCUT2D eigenvalue weighted by atomic mass is 9.97. The minimum atomic E-state index is -0.317. The fourth-order valence-electron chi connectivity index (χ4n) is 2.92. The molecule has 0 bridgehead atoms. The van der Waals surface area contributed by atoms with Gasteiger partial charge in [0.05, 0.1) is 5.92 Å². The summed E-state index contributed by atoms with van der Waals surface area (Å²) in [6.07, 6.45) is 0.648. The number of carbonyl (C=O) groups excluding carboxylic acids is 1. The second kappa shape index (κ2) is 7.49. The molecule has 7 nitrogen and oxygen atoms in total. The van der Waals surface area contributed by atoms with Crippen molar-refractivity contribution in [1.82, 2.24) is 10.1 Å². The molecular formula is C20H18N2O5. The van der Waals surface area contributed by atoms with Crippen molar-refractivity contribution in [3.63, 3.8) is 0 Å². The molecule has 2 aromatic carbocycles. The molecule has 0 unspecified atom stereocenters. The van der Waals surface area contributed by atoms with Crippen molar-refractivity contribution in [2.45, 2.75) is 25.9 Å². The van der Waals surface area contributed by atoms with Crippen LogP contribution >= 0.6 is 0 Å². The normalized spacial score (nSPS) is 13.4. The van der Waals surface area contributed by atoms with Crippen LogP contribution < -0.4 is 9.47 Å². The first kappa shape index (κ1) is 17.1.